The number of rotatable bonds is 5. The molecule has 0 saturated carbocycles. The third-order valence-electron chi connectivity index (χ3n) is 6.48. The van der Waals surface area contributed by atoms with Gasteiger partial charge in [-0.05, 0) is 63.0 Å². The monoisotopic (exact) mass is 399 g/mol. The smallest absolute Gasteiger partial charge is 0.255 e. The second-order valence-corrected chi connectivity index (χ2v) is 8.68. The lowest BCUT2D eigenvalue weighted by Crippen LogP contribution is -2.40. The Morgan fingerprint density at radius 2 is 1.83 bits per heavy atom. The van der Waals surface area contributed by atoms with Gasteiger partial charge in [0.25, 0.3) is 5.91 Å². The zero-order valence-corrected chi connectivity index (χ0v) is 17.4. The van der Waals surface area contributed by atoms with Crippen LogP contribution in [0.5, 0.6) is 0 Å². The van der Waals surface area contributed by atoms with Crippen molar-refractivity contribution in [3.05, 3.63) is 42.7 Å². The van der Waals surface area contributed by atoms with Crippen LogP contribution in [0.15, 0.2) is 37.2 Å². The number of carbonyl (C=O) groups excluding carboxylic acids is 2. The number of nitrogens with zero attached hydrogens (tertiary/aromatic N) is 3. The van der Waals surface area contributed by atoms with Crippen molar-refractivity contribution in [2.24, 2.45) is 11.8 Å². The lowest BCUT2D eigenvalue weighted by molar-refractivity contribution is -0.134. The van der Waals surface area contributed by atoms with E-state index < -0.39 is 5.60 Å². The largest absolute Gasteiger partial charge is 0.386 e. The van der Waals surface area contributed by atoms with Gasteiger partial charge in [-0.3, -0.25) is 14.6 Å². The molecule has 1 aromatic heterocycles. The summed E-state index contributed by atoms with van der Waals surface area (Å²) in [7, 11) is 0. The number of hydrogen-bond donors (Lipinski definition) is 1. The Kier molecular flexibility index (Phi) is 7.06. The zero-order chi connectivity index (χ0) is 20.9. The number of aliphatic hydroxyl groups is 1. The van der Waals surface area contributed by atoms with Crippen LogP contribution in [0, 0.1) is 11.8 Å². The number of piperidine rings is 1. The van der Waals surface area contributed by atoms with Gasteiger partial charge in [-0.15, -0.1) is 6.58 Å². The van der Waals surface area contributed by atoms with Crippen LogP contribution in [0.2, 0.25) is 0 Å². The molecule has 6 heteroatoms. The van der Waals surface area contributed by atoms with Crippen LogP contribution in [0.4, 0.5) is 0 Å². The highest BCUT2D eigenvalue weighted by atomic mass is 16.3. The van der Waals surface area contributed by atoms with E-state index in [1.54, 1.807) is 25.4 Å². The van der Waals surface area contributed by atoms with Crippen LogP contribution < -0.4 is 0 Å². The summed E-state index contributed by atoms with van der Waals surface area (Å²) in [6.07, 6.45) is 10.0. The second kappa shape index (κ2) is 9.53. The summed E-state index contributed by atoms with van der Waals surface area (Å²) in [5, 5.41) is 10.1. The molecule has 1 N–H and O–H groups in total. The van der Waals surface area contributed by atoms with Crippen molar-refractivity contribution in [3.63, 3.8) is 0 Å². The molecular formula is C23H33N3O3. The van der Waals surface area contributed by atoms with Crippen LogP contribution in [0.3, 0.4) is 0 Å². The molecule has 2 fully saturated rings. The molecule has 0 radical (unpaired) electrons. The Hall–Kier alpha value is -2.21. The van der Waals surface area contributed by atoms with Gasteiger partial charge >= 0.3 is 0 Å². The van der Waals surface area contributed by atoms with Gasteiger partial charge in [0.05, 0.1) is 17.6 Å². The van der Waals surface area contributed by atoms with Crippen LogP contribution in [-0.2, 0) is 4.79 Å². The quantitative estimate of drug-likeness (QED) is 0.773. The number of carbonyl (C=O) groups is 2. The van der Waals surface area contributed by atoms with E-state index in [1.165, 1.54) is 6.08 Å². The number of likely N-dealkylation sites (tertiary alicyclic amines) is 2. The minimum atomic E-state index is -1.14. The first kappa shape index (κ1) is 21.5. The molecule has 2 saturated heterocycles. The van der Waals surface area contributed by atoms with Crippen molar-refractivity contribution >= 4 is 11.8 Å². The van der Waals surface area contributed by atoms with E-state index in [2.05, 4.69) is 11.6 Å². The molecule has 29 heavy (non-hydrogen) atoms. The molecule has 2 aliphatic heterocycles. The average Bonchev–Trinajstić information content (AvgIpc) is 3.00. The van der Waals surface area contributed by atoms with Gasteiger partial charge in [-0.1, -0.05) is 6.08 Å². The molecule has 6 nitrogen and oxygen atoms in total. The molecule has 3 heterocycles. The molecular weight excluding hydrogens is 366 g/mol. The summed E-state index contributed by atoms with van der Waals surface area (Å²) in [6, 6.07) is 3.62. The summed E-state index contributed by atoms with van der Waals surface area (Å²) in [6.45, 7) is 8.34. The van der Waals surface area contributed by atoms with Crippen LogP contribution in [0.1, 0.15) is 55.8 Å². The van der Waals surface area contributed by atoms with E-state index in [1.807, 2.05) is 15.9 Å². The van der Waals surface area contributed by atoms with Crippen LogP contribution in [0.25, 0.3) is 0 Å². The fourth-order valence-electron chi connectivity index (χ4n) is 4.58. The van der Waals surface area contributed by atoms with E-state index >= 15 is 0 Å². The minimum absolute atomic E-state index is 0.00689. The van der Waals surface area contributed by atoms with Gasteiger partial charge in [-0.25, -0.2) is 0 Å². The molecule has 1 aromatic rings. The average molecular weight is 400 g/mol. The molecule has 2 atom stereocenters. The molecule has 0 bridgehead atoms. The first-order valence-electron chi connectivity index (χ1n) is 10.7. The third kappa shape index (κ3) is 5.66. The Balaban J connectivity index is 1.49. The van der Waals surface area contributed by atoms with E-state index in [9.17, 15) is 14.7 Å². The SMILES string of the molecule is C=CC(C)(O)CC(=O)N1CCCC(C2CCN(C(=O)c3cccnc3)CC2)CC1. The number of hydrogen-bond acceptors (Lipinski definition) is 4. The molecule has 0 aliphatic carbocycles. The fraction of sp³-hybridized carbons (Fsp3) is 0.609. The zero-order valence-electron chi connectivity index (χ0n) is 17.4. The highest BCUT2D eigenvalue weighted by Gasteiger charge is 2.32. The maximum absolute atomic E-state index is 12.6. The summed E-state index contributed by atoms with van der Waals surface area (Å²) >= 11 is 0. The standard InChI is InChI=1S/C23H33N3O3/c1-3-23(2,29)16-21(27)25-12-5-7-18(8-13-25)19-9-14-26(15-10-19)22(28)20-6-4-11-24-17-20/h3-4,6,11,17-19,29H,1,5,7-10,12-16H2,2H3. The van der Waals surface area contributed by atoms with E-state index in [0.717, 1.165) is 58.3 Å². The highest BCUT2D eigenvalue weighted by Crippen LogP contribution is 2.33. The molecule has 0 spiro atoms. The summed E-state index contributed by atoms with van der Waals surface area (Å²) in [4.78, 5) is 33.0. The third-order valence-corrected chi connectivity index (χ3v) is 6.48. The Morgan fingerprint density at radius 3 is 2.45 bits per heavy atom. The van der Waals surface area contributed by atoms with Gasteiger partial charge in [-0.2, -0.15) is 0 Å². The highest BCUT2D eigenvalue weighted by molar-refractivity contribution is 5.93. The predicted molar refractivity (Wildman–Crippen MR) is 112 cm³/mol. The van der Waals surface area contributed by atoms with E-state index in [-0.39, 0.29) is 18.2 Å². The number of amides is 2. The normalized spacial score (nSPS) is 23.2. The number of aromatic nitrogens is 1. The molecule has 2 aliphatic rings. The molecule has 3 rings (SSSR count). The lowest BCUT2D eigenvalue weighted by Gasteiger charge is -2.36. The fourth-order valence-corrected chi connectivity index (χ4v) is 4.58. The lowest BCUT2D eigenvalue weighted by atomic mass is 9.80. The van der Waals surface area contributed by atoms with Crippen molar-refractivity contribution in [2.45, 2.75) is 51.0 Å². The van der Waals surface area contributed by atoms with Gasteiger partial charge < -0.3 is 14.9 Å². The Morgan fingerprint density at radius 1 is 1.17 bits per heavy atom. The van der Waals surface area contributed by atoms with Gasteiger partial charge in [0, 0.05) is 38.6 Å². The van der Waals surface area contributed by atoms with E-state index in [0.29, 0.717) is 17.4 Å². The first-order valence-corrected chi connectivity index (χ1v) is 10.7. The van der Waals surface area contributed by atoms with Crippen LogP contribution in [-0.4, -0.2) is 63.5 Å². The van der Waals surface area contributed by atoms with Gasteiger partial charge in [0.2, 0.25) is 5.91 Å². The second-order valence-electron chi connectivity index (χ2n) is 8.68. The van der Waals surface area contributed by atoms with Crippen molar-refractivity contribution in [2.75, 3.05) is 26.2 Å². The van der Waals surface area contributed by atoms with Crippen molar-refractivity contribution in [1.29, 1.82) is 0 Å². The Labute approximate surface area is 173 Å². The predicted octanol–water partition coefficient (Wildman–Crippen LogP) is 2.89. The molecule has 2 unspecified atom stereocenters. The van der Waals surface area contributed by atoms with E-state index in [4.69, 9.17) is 0 Å². The maximum Gasteiger partial charge on any atom is 0.255 e. The summed E-state index contributed by atoms with van der Waals surface area (Å²) in [5.41, 5.74) is -0.485. The van der Waals surface area contributed by atoms with Crippen molar-refractivity contribution < 1.29 is 14.7 Å². The van der Waals surface area contributed by atoms with Crippen molar-refractivity contribution in [1.82, 2.24) is 14.8 Å². The molecule has 2 amide bonds. The summed E-state index contributed by atoms with van der Waals surface area (Å²) < 4.78 is 0. The summed E-state index contributed by atoms with van der Waals surface area (Å²) in [5.74, 6) is 1.29. The molecule has 0 aromatic carbocycles. The topological polar surface area (TPSA) is 73.7 Å². The Bertz CT molecular complexity index is 711. The molecule has 158 valence electrons. The minimum Gasteiger partial charge on any atom is -0.386 e. The first-order chi connectivity index (χ1) is 13.9. The maximum atomic E-state index is 12.6. The number of pyridine rings is 1. The van der Waals surface area contributed by atoms with Crippen LogP contribution >= 0.6 is 0 Å². The van der Waals surface area contributed by atoms with Gasteiger partial charge in [0.15, 0.2) is 0 Å². The van der Waals surface area contributed by atoms with Crippen molar-refractivity contribution in [3.8, 4) is 0 Å². The van der Waals surface area contributed by atoms with Gasteiger partial charge in [0.1, 0.15) is 0 Å².